The van der Waals surface area contributed by atoms with E-state index in [0.717, 1.165) is 5.56 Å². The predicted molar refractivity (Wildman–Crippen MR) is 250 cm³/mol. The molecule has 362 valence electrons. The number of sulfonamides is 1. The van der Waals surface area contributed by atoms with Crippen molar-refractivity contribution in [2.24, 2.45) is 29.6 Å². The molecule has 3 rings (SSSR count). The van der Waals surface area contributed by atoms with Crippen LogP contribution in [0.3, 0.4) is 0 Å². The Bertz CT molecular complexity index is 2020. The molecule has 0 radical (unpaired) electrons. The van der Waals surface area contributed by atoms with Crippen molar-refractivity contribution in [3.05, 3.63) is 65.7 Å². The standard InChI is InChI=1S/C49H74N4O11S/c1-13-32(4)45(52(10)48(59)39(31(2)3)28-44(57)64-49(7,8)9)42(62-11)29-43(56)53-25-17-20-40(53)46(63-12)33(5)41(55)27-37(26-35-18-15-14-16-19-35)47(58)51-65(60,61)30-36-21-23-38(24-22-36)50-34(6)54/h14-16,18-19,21-24,31-33,37,39-40,42,45-46H,13,17,20,25-30H2,1-12H3,(H,50,54)(H,51,58)/t32?,33-,37+,39-,40-,42+,45-,46+/m0/s1. The number of methoxy groups -OCH3 is 2. The summed E-state index contributed by atoms with van der Waals surface area (Å²) in [5.74, 6) is -5.53. The Morgan fingerprint density at radius 1 is 0.877 bits per heavy atom. The largest absolute Gasteiger partial charge is 0.460 e. The van der Waals surface area contributed by atoms with Crippen molar-refractivity contribution in [1.82, 2.24) is 14.5 Å². The van der Waals surface area contributed by atoms with Gasteiger partial charge < -0.3 is 29.3 Å². The summed E-state index contributed by atoms with van der Waals surface area (Å²) < 4.78 is 46.3. The number of amides is 4. The van der Waals surface area contributed by atoms with Crippen LogP contribution >= 0.6 is 0 Å². The van der Waals surface area contributed by atoms with Crippen LogP contribution in [-0.4, -0.2) is 111 Å². The lowest BCUT2D eigenvalue weighted by Gasteiger charge is -2.40. The maximum Gasteiger partial charge on any atom is 0.307 e. The summed E-state index contributed by atoms with van der Waals surface area (Å²) >= 11 is 0. The number of rotatable bonds is 24. The second-order valence-electron chi connectivity index (χ2n) is 18.9. The molecule has 15 nitrogen and oxygen atoms in total. The van der Waals surface area contributed by atoms with Crippen molar-refractivity contribution < 1.29 is 51.4 Å². The molecule has 0 aromatic heterocycles. The molecule has 1 aliphatic heterocycles. The molecule has 1 heterocycles. The van der Waals surface area contributed by atoms with Crippen LogP contribution in [0.4, 0.5) is 5.69 Å². The number of ketones is 1. The molecule has 4 amide bonds. The Balaban J connectivity index is 1.80. The van der Waals surface area contributed by atoms with Gasteiger partial charge in [0.05, 0.1) is 48.8 Å². The van der Waals surface area contributed by atoms with Gasteiger partial charge in [-0.15, -0.1) is 0 Å². The van der Waals surface area contributed by atoms with E-state index >= 15 is 0 Å². The molecule has 1 saturated heterocycles. The molecule has 0 aliphatic carbocycles. The summed E-state index contributed by atoms with van der Waals surface area (Å²) in [4.78, 5) is 84.2. The highest BCUT2D eigenvalue weighted by Crippen LogP contribution is 2.32. The van der Waals surface area contributed by atoms with Gasteiger partial charge in [-0.25, -0.2) is 8.42 Å². The van der Waals surface area contributed by atoms with Crippen molar-refractivity contribution in [3.63, 3.8) is 0 Å². The van der Waals surface area contributed by atoms with Crippen LogP contribution < -0.4 is 10.0 Å². The zero-order chi connectivity index (χ0) is 48.8. The van der Waals surface area contributed by atoms with E-state index in [0.29, 0.717) is 37.1 Å². The SMILES string of the molecule is CCC(C)[C@@H]([C@@H](CC(=O)N1CCC[C@H]1[C@H](OC)[C@@H](C)C(=O)C[C@@H](Cc1ccccc1)C(=O)NS(=O)(=O)Cc1ccc(NC(C)=O)cc1)OC)N(C)C(=O)[C@@H](CC(=O)OC(C)(C)C)C(C)C. The predicted octanol–water partition coefficient (Wildman–Crippen LogP) is 6.33. The summed E-state index contributed by atoms with van der Waals surface area (Å²) in [7, 11) is 0.515. The van der Waals surface area contributed by atoms with Crippen molar-refractivity contribution in [3.8, 4) is 0 Å². The van der Waals surface area contributed by atoms with Gasteiger partial charge in [-0.3, -0.25) is 33.5 Å². The molecule has 16 heteroatoms. The number of likely N-dealkylation sites (tertiary alicyclic amines) is 1. The van der Waals surface area contributed by atoms with Gasteiger partial charge in [-0.1, -0.05) is 83.5 Å². The van der Waals surface area contributed by atoms with Crippen LogP contribution in [0.5, 0.6) is 0 Å². The fraction of sp³-hybridized carbons (Fsp3) is 0.633. The first-order valence-corrected chi connectivity index (χ1v) is 24.4. The number of likely N-dealkylation sites (N-methyl/N-ethyl adjacent to an activating group) is 1. The lowest BCUT2D eigenvalue weighted by molar-refractivity contribution is -0.160. The van der Waals surface area contributed by atoms with E-state index in [1.807, 2.05) is 33.8 Å². The molecule has 0 saturated carbocycles. The Morgan fingerprint density at radius 2 is 1.51 bits per heavy atom. The second kappa shape index (κ2) is 24.7. The Morgan fingerprint density at radius 3 is 2.05 bits per heavy atom. The minimum Gasteiger partial charge on any atom is -0.460 e. The minimum atomic E-state index is -4.19. The van der Waals surface area contributed by atoms with Crippen molar-refractivity contribution >= 4 is 51.1 Å². The Hall–Kier alpha value is -4.67. The van der Waals surface area contributed by atoms with Crippen LogP contribution in [0.15, 0.2) is 54.6 Å². The average Bonchev–Trinajstić information content (AvgIpc) is 3.71. The molecular formula is C49H74N4O11S. The molecule has 2 aromatic rings. The summed E-state index contributed by atoms with van der Waals surface area (Å²) in [5.41, 5.74) is 0.935. The Kier molecular flexibility index (Phi) is 20.8. The fourth-order valence-corrected chi connectivity index (χ4v) is 9.91. The third-order valence-corrected chi connectivity index (χ3v) is 13.5. The van der Waals surface area contributed by atoms with Gasteiger partial charge in [0.15, 0.2) is 0 Å². The number of ether oxygens (including phenoxy) is 3. The normalized spacial score (nSPS) is 17.6. The maximum atomic E-state index is 14.4. The summed E-state index contributed by atoms with van der Waals surface area (Å²) in [6.07, 6.45) is 0.163. The lowest BCUT2D eigenvalue weighted by Crippen LogP contribution is -2.54. The highest BCUT2D eigenvalue weighted by atomic mass is 32.2. The van der Waals surface area contributed by atoms with E-state index < -0.39 is 75.3 Å². The van der Waals surface area contributed by atoms with Gasteiger partial charge in [-0.2, -0.15) is 0 Å². The van der Waals surface area contributed by atoms with Gasteiger partial charge in [0, 0.05) is 58.7 Å². The first-order valence-electron chi connectivity index (χ1n) is 22.7. The highest BCUT2D eigenvalue weighted by Gasteiger charge is 2.43. The molecule has 2 N–H and O–H groups in total. The first kappa shape index (κ1) is 54.7. The molecule has 1 aliphatic rings. The zero-order valence-corrected chi connectivity index (χ0v) is 41.4. The molecule has 0 spiro atoms. The van der Waals surface area contributed by atoms with Crippen molar-refractivity contribution in [1.29, 1.82) is 0 Å². The van der Waals surface area contributed by atoms with Gasteiger partial charge in [-0.05, 0) is 75.1 Å². The average molecular weight is 927 g/mol. The quantitative estimate of drug-likeness (QED) is 0.112. The number of hydrogen-bond donors (Lipinski definition) is 2. The molecule has 1 unspecified atom stereocenters. The number of carbonyl (C=O) groups is 6. The topological polar surface area (TPSA) is 195 Å². The highest BCUT2D eigenvalue weighted by molar-refractivity contribution is 7.89. The number of hydrogen-bond acceptors (Lipinski definition) is 11. The van der Waals surface area contributed by atoms with Gasteiger partial charge in [0.2, 0.25) is 33.7 Å². The monoisotopic (exact) mass is 927 g/mol. The number of carbonyl (C=O) groups excluding carboxylic acids is 6. The molecular weight excluding hydrogens is 853 g/mol. The van der Waals surface area contributed by atoms with E-state index in [2.05, 4.69) is 10.0 Å². The number of benzene rings is 2. The second-order valence-corrected chi connectivity index (χ2v) is 20.6. The number of nitrogens with zero attached hydrogens (tertiary/aromatic N) is 2. The van der Waals surface area contributed by atoms with Gasteiger partial charge in [0.25, 0.3) is 0 Å². The molecule has 65 heavy (non-hydrogen) atoms. The zero-order valence-electron chi connectivity index (χ0n) is 40.5. The maximum absolute atomic E-state index is 14.4. The molecule has 8 atom stereocenters. The van der Waals surface area contributed by atoms with E-state index in [1.165, 1.54) is 21.1 Å². The molecule has 0 bridgehead atoms. The Labute approximate surface area is 387 Å². The van der Waals surface area contributed by atoms with Crippen molar-refractivity contribution in [2.45, 2.75) is 143 Å². The van der Waals surface area contributed by atoms with Crippen LogP contribution in [-0.2, 0) is 65.2 Å². The minimum absolute atomic E-state index is 0.0515. The molecule has 2 aromatic carbocycles. The van der Waals surface area contributed by atoms with E-state index in [-0.39, 0.29) is 61.0 Å². The van der Waals surface area contributed by atoms with E-state index in [4.69, 9.17) is 14.2 Å². The van der Waals surface area contributed by atoms with Gasteiger partial charge >= 0.3 is 5.97 Å². The smallest absolute Gasteiger partial charge is 0.307 e. The van der Waals surface area contributed by atoms with Crippen LogP contribution in [0, 0.1) is 29.6 Å². The fourth-order valence-electron chi connectivity index (χ4n) is 8.74. The van der Waals surface area contributed by atoms with Gasteiger partial charge in [0.1, 0.15) is 11.4 Å². The number of nitrogens with one attached hydrogen (secondary N) is 2. The lowest BCUT2D eigenvalue weighted by atomic mass is 9.85. The van der Waals surface area contributed by atoms with Crippen molar-refractivity contribution in [2.75, 3.05) is 33.1 Å². The number of esters is 1. The number of anilines is 1. The van der Waals surface area contributed by atoms with E-state index in [1.54, 1.807) is 93.1 Å². The van der Waals surface area contributed by atoms with Crippen LogP contribution in [0.25, 0.3) is 0 Å². The van der Waals surface area contributed by atoms with E-state index in [9.17, 15) is 37.2 Å². The van der Waals surface area contributed by atoms with Crippen LogP contribution in [0.1, 0.15) is 112 Å². The third-order valence-electron chi connectivity index (χ3n) is 12.3. The number of Topliss-reactive ketones (excluding diaryl/α,β-unsaturated/α-hetero) is 1. The summed E-state index contributed by atoms with van der Waals surface area (Å²) in [5, 5.41) is 2.62. The third kappa shape index (κ3) is 16.6. The van der Waals surface area contributed by atoms with Crippen LogP contribution in [0.2, 0.25) is 0 Å². The summed E-state index contributed by atoms with van der Waals surface area (Å²) in [6, 6.07) is 14.3. The summed E-state index contributed by atoms with van der Waals surface area (Å²) in [6.45, 7) is 16.6. The first-order chi connectivity index (χ1) is 30.4. The molecule has 1 fully saturated rings.